The number of rotatable bonds is 5. The monoisotopic (exact) mass is 464 g/mol. The number of nitrogens with two attached hydrogens (primary N) is 1. The summed E-state index contributed by atoms with van der Waals surface area (Å²) in [6.07, 6.45) is 6.34. The molecule has 7 heteroatoms. The van der Waals surface area contributed by atoms with Crippen LogP contribution in [0.2, 0.25) is 5.02 Å². The zero-order chi connectivity index (χ0) is 23.0. The number of aromatic nitrogens is 1. The van der Waals surface area contributed by atoms with Crippen LogP contribution in [0.4, 0.5) is 5.69 Å². The van der Waals surface area contributed by atoms with Crippen molar-refractivity contribution >= 4 is 34.1 Å². The van der Waals surface area contributed by atoms with Crippen molar-refractivity contribution in [2.45, 2.75) is 44.2 Å². The van der Waals surface area contributed by atoms with E-state index in [0.29, 0.717) is 35.3 Å². The normalized spacial score (nSPS) is 18.2. The van der Waals surface area contributed by atoms with E-state index in [-0.39, 0.29) is 11.4 Å². The first kappa shape index (κ1) is 21.7. The van der Waals surface area contributed by atoms with E-state index in [1.54, 1.807) is 18.2 Å². The van der Waals surface area contributed by atoms with Crippen LogP contribution in [0.15, 0.2) is 61.1 Å². The molecule has 172 valence electrons. The van der Waals surface area contributed by atoms with Crippen LogP contribution in [0, 0.1) is 0 Å². The van der Waals surface area contributed by atoms with E-state index in [2.05, 4.69) is 45.6 Å². The number of anilines is 1. The lowest BCUT2D eigenvalue weighted by Crippen LogP contribution is -2.59. The van der Waals surface area contributed by atoms with E-state index < -0.39 is 0 Å². The molecule has 0 atom stereocenters. The number of nitrogens with zero attached hydrogens (tertiary/aromatic N) is 2. The lowest BCUT2D eigenvalue weighted by atomic mass is 9.78. The van der Waals surface area contributed by atoms with Crippen LogP contribution in [-0.4, -0.2) is 39.3 Å². The van der Waals surface area contributed by atoms with Gasteiger partial charge in [-0.3, -0.25) is 4.79 Å². The Morgan fingerprint density at radius 3 is 2.79 bits per heavy atom. The first-order valence-electron chi connectivity index (χ1n) is 11.5. The van der Waals surface area contributed by atoms with E-state index in [1.165, 1.54) is 10.9 Å². The number of ether oxygens (including phenoxy) is 1. The lowest BCUT2D eigenvalue weighted by molar-refractivity contribution is -0.146. The zero-order valence-corrected chi connectivity index (χ0v) is 19.4. The second kappa shape index (κ2) is 8.67. The number of H-pyrrole nitrogens is 1. The van der Waals surface area contributed by atoms with E-state index in [9.17, 15) is 4.79 Å². The molecule has 0 radical (unpaired) electrons. The third kappa shape index (κ3) is 4.15. The minimum atomic E-state index is -0.121. The number of carbonyl (C=O) groups excluding carboxylic acids is 1. The maximum absolute atomic E-state index is 13.1. The van der Waals surface area contributed by atoms with Crippen molar-refractivity contribution < 1.29 is 9.53 Å². The number of hydrogen-bond acceptors (Lipinski definition) is 4. The fourth-order valence-corrected chi connectivity index (χ4v) is 5.49. The number of amides is 1. The summed E-state index contributed by atoms with van der Waals surface area (Å²) in [4.78, 5) is 20.7. The van der Waals surface area contributed by atoms with Crippen LogP contribution in [0.5, 0.6) is 5.75 Å². The number of piperidine rings is 2. The molecule has 2 aliphatic rings. The SMILES string of the molecule is C=C(Oc1ccc(Cl)cc1N)N1CCC2(CCCC(=O)N2Cc2cccc3[nH]ccc23)CC1. The van der Waals surface area contributed by atoms with Crippen molar-refractivity contribution in [1.29, 1.82) is 0 Å². The van der Waals surface area contributed by atoms with Gasteiger partial charge in [0.15, 0.2) is 11.6 Å². The van der Waals surface area contributed by atoms with Gasteiger partial charge < -0.3 is 25.3 Å². The third-order valence-corrected chi connectivity index (χ3v) is 7.40. The molecule has 0 saturated carbocycles. The Balaban J connectivity index is 1.30. The predicted molar refractivity (Wildman–Crippen MR) is 132 cm³/mol. The molecule has 3 N–H and O–H groups in total. The number of hydrogen-bond donors (Lipinski definition) is 2. The number of nitrogen functional groups attached to an aromatic ring is 1. The van der Waals surface area contributed by atoms with E-state index in [4.69, 9.17) is 22.1 Å². The van der Waals surface area contributed by atoms with Gasteiger partial charge >= 0.3 is 0 Å². The molecule has 0 aliphatic carbocycles. The van der Waals surface area contributed by atoms with Gasteiger partial charge in [-0.2, -0.15) is 0 Å². The van der Waals surface area contributed by atoms with Crippen LogP contribution < -0.4 is 10.5 Å². The van der Waals surface area contributed by atoms with Crippen molar-refractivity contribution in [3.63, 3.8) is 0 Å². The average Bonchev–Trinajstić information content (AvgIpc) is 3.29. The van der Waals surface area contributed by atoms with E-state index in [0.717, 1.165) is 44.3 Å². The molecule has 2 aliphatic heterocycles. The van der Waals surface area contributed by atoms with Gasteiger partial charge in [-0.1, -0.05) is 23.7 Å². The van der Waals surface area contributed by atoms with Crippen molar-refractivity contribution in [2.75, 3.05) is 18.8 Å². The maximum Gasteiger partial charge on any atom is 0.223 e. The molecule has 33 heavy (non-hydrogen) atoms. The molecule has 0 bridgehead atoms. The molecule has 2 fully saturated rings. The van der Waals surface area contributed by atoms with Gasteiger partial charge in [0.2, 0.25) is 5.91 Å². The number of benzene rings is 2. The molecule has 6 nitrogen and oxygen atoms in total. The zero-order valence-electron chi connectivity index (χ0n) is 18.6. The second-order valence-electron chi connectivity index (χ2n) is 9.08. The quantitative estimate of drug-likeness (QED) is 0.397. The fourth-order valence-electron chi connectivity index (χ4n) is 5.31. The summed E-state index contributed by atoms with van der Waals surface area (Å²) in [5.41, 5.74) is 8.70. The average molecular weight is 465 g/mol. The van der Waals surface area contributed by atoms with Crippen LogP contribution >= 0.6 is 11.6 Å². The van der Waals surface area contributed by atoms with Crippen molar-refractivity contribution in [1.82, 2.24) is 14.8 Å². The summed E-state index contributed by atoms with van der Waals surface area (Å²) in [7, 11) is 0. The molecular weight excluding hydrogens is 436 g/mol. The van der Waals surface area contributed by atoms with Gasteiger partial charge in [0.25, 0.3) is 0 Å². The molecule has 3 heterocycles. The van der Waals surface area contributed by atoms with Crippen LogP contribution in [-0.2, 0) is 11.3 Å². The van der Waals surface area contributed by atoms with Crippen molar-refractivity contribution in [3.05, 3.63) is 71.7 Å². The van der Waals surface area contributed by atoms with Gasteiger partial charge in [0.05, 0.1) is 5.69 Å². The Kier molecular flexibility index (Phi) is 5.71. The Morgan fingerprint density at radius 1 is 1.18 bits per heavy atom. The Morgan fingerprint density at radius 2 is 2.00 bits per heavy atom. The number of aromatic amines is 1. The molecule has 3 aromatic rings. The third-order valence-electron chi connectivity index (χ3n) is 7.17. The Labute approximate surface area is 198 Å². The summed E-state index contributed by atoms with van der Waals surface area (Å²) in [5, 5.41) is 1.76. The molecule has 5 rings (SSSR count). The molecule has 2 aromatic carbocycles. The summed E-state index contributed by atoms with van der Waals surface area (Å²) < 4.78 is 5.96. The molecule has 1 spiro atoms. The molecule has 1 amide bonds. The molecule has 1 aromatic heterocycles. The van der Waals surface area contributed by atoms with Gasteiger partial charge in [-0.05, 0) is 68.2 Å². The van der Waals surface area contributed by atoms with Gasteiger partial charge in [-0.25, -0.2) is 0 Å². The minimum Gasteiger partial charge on any atom is -0.440 e. The summed E-state index contributed by atoms with van der Waals surface area (Å²) in [5.74, 6) is 1.38. The van der Waals surface area contributed by atoms with Gasteiger partial charge in [-0.15, -0.1) is 0 Å². The Bertz CT molecular complexity index is 1200. The van der Waals surface area contributed by atoms with Crippen molar-refractivity contribution in [3.8, 4) is 5.75 Å². The summed E-state index contributed by atoms with van der Waals surface area (Å²) >= 11 is 5.99. The number of halogens is 1. The largest absolute Gasteiger partial charge is 0.440 e. The smallest absolute Gasteiger partial charge is 0.223 e. The minimum absolute atomic E-state index is 0.121. The van der Waals surface area contributed by atoms with Crippen molar-refractivity contribution in [2.24, 2.45) is 0 Å². The topological polar surface area (TPSA) is 74.6 Å². The number of likely N-dealkylation sites (tertiary alicyclic amines) is 2. The van der Waals surface area contributed by atoms with E-state index >= 15 is 0 Å². The van der Waals surface area contributed by atoms with Crippen LogP contribution in [0.3, 0.4) is 0 Å². The highest BCUT2D eigenvalue weighted by molar-refractivity contribution is 6.30. The highest BCUT2D eigenvalue weighted by Crippen LogP contribution is 2.40. The first-order valence-corrected chi connectivity index (χ1v) is 11.9. The first-order chi connectivity index (χ1) is 15.9. The van der Waals surface area contributed by atoms with Gasteiger partial charge in [0.1, 0.15) is 0 Å². The maximum atomic E-state index is 13.1. The number of nitrogens with one attached hydrogen (secondary N) is 1. The molecule has 0 unspecified atom stereocenters. The highest BCUT2D eigenvalue weighted by Gasteiger charge is 2.44. The standard InChI is InChI=1S/C26H29ClN4O2/c1-18(33-24-8-7-20(27)16-22(24)28)30-14-11-26(12-15-30)10-3-6-25(32)31(26)17-19-4-2-5-23-21(19)9-13-29-23/h2,4-5,7-9,13,16,29H,1,3,6,10-12,14-15,17,28H2. The predicted octanol–water partition coefficient (Wildman–Crippen LogP) is 5.30. The summed E-state index contributed by atoms with van der Waals surface area (Å²) in [6, 6.07) is 13.5. The highest BCUT2D eigenvalue weighted by atomic mass is 35.5. The molecule has 2 saturated heterocycles. The fraction of sp³-hybridized carbons (Fsp3) is 0.346. The van der Waals surface area contributed by atoms with E-state index in [1.807, 2.05) is 6.20 Å². The van der Waals surface area contributed by atoms with Crippen LogP contribution in [0.1, 0.15) is 37.7 Å². The number of fused-ring (bicyclic) bond motifs is 1. The van der Waals surface area contributed by atoms with Crippen LogP contribution in [0.25, 0.3) is 10.9 Å². The molecular formula is C26H29ClN4O2. The number of carbonyl (C=O) groups is 1. The second-order valence-corrected chi connectivity index (χ2v) is 9.52. The summed E-state index contributed by atoms with van der Waals surface area (Å²) in [6.45, 7) is 6.34. The Hall–Kier alpha value is -3.12. The lowest BCUT2D eigenvalue weighted by Gasteiger charge is -2.52. The van der Waals surface area contributed by atoms with Gasteiger partial charge in [0, 0.05) is 53.7 Å².